The normalized spacial score (nSPS) is 14.7. The van der Waals surface area contributed by atoms with Gasteiger partial charge in [-0.15, -0.1) is 0 Å². The van der Waals surface area contributed by atoms with E-state index in [1.165, 1.54) is 4.90 Å². The Morgan fingerprint density at radius 1 is 0.882 bits per heavy atom. The number of anilines is 1. The Morgan fingerprint density at radius 2 is 1.59 bits per heavy atom. The minimum atomic E-state index is -0.333. The molecule has 0 unspecified atom stereocenters. The largest absolute Gasteiger partial charge is 0.490 e. The number of aryl methyl sites for hydroxylation is 1. The number of amides is 2. The first-order valence-electron chi connectivity index (χ1n) is 11.0. The molecule has 1 aliphatic rings. The summed E-state index contributed by atoms with van der Waals surface area (Å²) in [5, 5.41) is 0.360. The second-order valence-electron chi connectivity index (χ2n) is 7.59. The fraction of sp³-hybridized carbons (Fsp3) is 0.185. The minimum absolute atomic E-state index is 0.312. The van der Waals surface area contributed by atoms with Gasteiger partial charge in [-0.05, 0) is 84.3 Å². The Morgan fingerprint density at radius 3 is 2.26 bits per heavy atom. The Balaban J connectivity index is 1.53. The lowest BCUT2D eigenvalue weighted by Gasteiger charge is -2.13. The molecule has 174 valence electrons. The predicted octanol–water partition coefficient (Wildman–Crippen LogP) is 7.12. The summed E-state index contributed by atoms with van der Waals surface area (Å²) in [6, 6.07) is 20.4. The Bertz CT molecular complexity index is 1220. The number of ether oxygens (including phenoxy) is 2. The van der Waals surface area contributed by atoms with Crippen LogP contribution in [-0.2, 0) is 17.8 Å². The molecular formula is C27H24ClNO4S. The monoisotopic (exact) mass is 493 g/mol. The fourth-order valence-electron chi connectivity index (χ4n) is 3.47. The average Bonchev–Trinajstić information content (AvgIpc) is 3.12. The van der Waals surface area contributed by atoms with Crippen molar-refractivity contribution in [2.45, 2.75) is 26.9 Å². The lowest BCUT2D eigenvalue weighted by atomic mass is 10.1. The van der Waals surface area contributed by atoms with Gasteiger partial charge < -0.3 is 9.47 Å². The molecule has 34 heavy (non-hydrogen) atoms. The van der Waals surface area contributed by atoms with Crippen molar-refractivity contribution in [1.29, 1.82) is 0 Å². The number of benzene rings is 3. The van der Waals surface area contributed by atoms with Crippen LogP contribution in [0.2, 0.25) is 5.02 Å². The SMILES string of the molecule is CCOc1cc(/C=C2\SC(=O)N(c3ccc(CC)cc3)C2=O)ccc1OCc1ccc(Cl)cc1. The second kappa shape index (κ2) is 10.8. The van der Waals surface area contributed by atoms with Crippen molar-refractivity contribution in [2.75, 3.05) is 11.5 Å². The third-order valence-corrected chi connectivity index (χ3v) is 6.39. The quantitative estimate of drug-likeness (QED) is 0.313. The molecule has 7 heteroatoms. The highest BCUT2D eigenvalue weighted by molar-refractivity contribution is 8.19. The van der Waals surface area contributed by atoms with E-state index in [1.54, 1.807) is 24.3 Å². The van der Waals surface area contributed by atoms with Crippen LogP contribution in [0.4, 0.5) is 10.5 Å². The molecule has 0 aromatic heterocycles. The van der Waals surface area contributed by atoms with Crippen LogP contribution in [0.15, 0.2) is 71.6 Å². The molecule has 0 bridgehead atoms. The fourth-order valence-corrected chi connectivity index (χ4v) is 4.43. The summed E-state index contributed by atoms with van der Waals surface area (Å²) in [5.41, 5.74) is 3.45. The number of nitrogens with zero attached hydrogens (tertiary/aromatic N) is 1. The molecule has 0 aliphatic carbocycles. The van der Waals surface area contributed by atoms with E-state index in [-0.39, 0.29) is 11.1 Å². The first-order valence-corrected chi connectivity index (χ1v) is 12.2. The van der Waals surface area contributed by atoms with Gasteiger partial charge in [0.15, 0.2) is 11.5 Å². The predicted molar refractivity (Wildman–Crippen MR) is 138 cm³/mol. The van der Waals surface area contributed by atoms with E-state index in [1.807, 2.05) is 55.5 Å². The number of rotatable bonds is 8. The van der Waals surface area contributed by atoms with Crippen molar-refractivity contribution >= 4 is 46.3 Å². The molecule has 0 saturated carbocycles. The van der Waals surface area contributed by atoms with Gasteiger partial charge in [-0.1, -0.05) is 48.9 Å². The third kappa shape index (κ3) is 5.46. The standard InChI is InChI=1S/C27H24ClNO4S/c1-3-18-7-12-22(13-8-18)29-26(30)25(34-27(29)31)16-20-9-14-23(24(15-20)32-4-2)33-17-19-5-10-21(28)11-6-19/h5-16H,3-4,17H2,1-2H3/b25-16-. The Kier molecular flexibility index (Phi) is 7.60. The lowest BCUT2D eigenvalue weighted by molar-refractivity contribution is -0.113. The third-order valence-electron chi connectivity index (χ3n) is 5.27. The van der Waals surface area contributed by atoms with Crippen LogP contribution >= 0.6 is 23.4 Å². The summed E-state index contributed by atoms with van der Waals surface area (Å²) in [7, 11) is 0. The smallest absolute Gasteiger partial charge is 0.298 e. The van der Waals surface area contributed by atoms with Gasteiger partial charge in [0, 0.05) is 5.02 Å². The number of hydrogen-bond donors (Lipinski definition) is 0. The van der Waals surface area contributed by atoms with Gasteiger partial charge in [0.05, 0.1) is 17.2 Å². The van der Waals surface area contributed by atoms with Gasteiger partial charge in [0.25, 0.3) is 11.1 Å². The zero-order chi connectivity index (χ0) is 24.1. The van der Waals surface area contributed by atoms with Crippen molar-refractivity contribution < 1.29 is 19.1 Å². The molecule has 4 rings (SSSR count). The highest BCUT2D eigenvalue weighted by Gasteiger charge is 2.36. The van der Waals surface area contributed by atoms with Gasteiger partial charge >= 0.3 is 0 Å². The number of imide groups is 1. The maximum Gasteiger partial charge on any atom is 0.298 e. The number of carbonyl (C=O) groups excluding carboxylic acids is 2. The molecule has 1 heterocycles. The molecule has 0 spiro atoms. The number of halogens is 1. The van der Waals surface area contributed by atoms with E-state index in [4.69, 9.17) is 21.1 Å². The molecule has 1 saturated heterocycles. The van der Waals surface area contributed by atoms with Crippen LogP contribution in [0.5, 0.6) is 11.5 Å². The van der Waals surface area contributed by atoms with Crippen molar-refractivity contribution in [3.05, 3.63) is 93.3 Å². The van der Waals surface area contributed by atoms with Crippen LogP contribution in [0.25, 0.3) is 6.08 Å². The zero-order valence-corrected chi connectivity index (χ0v) is 20.5. The first kappa shape index (κ1) is 23.9. The van der Waals surface area contributed by atoms with Crippen LogP contribution in [0.1, 0.15) is 30.5 Å². The van der Waals surface area contributed by atoms with E-state index < -0.39 is 0 Å². The second-order valence-corrected chi connectivity index (χ2v) is 9.02. The molecule has 3 aromatic carbocycles. The van der Waals surface area contributed by atoms with Gasteiger partial charge in [0.1, 0.15) is 6.61 Å². The van der Waals surface area contributed by atoms with E-state index in [2.05, 4.69) is 6.92 Å². The van der Waals surface area contributed by atoms with E-state index in [9.17, 15) is 9.59 Å². The van der Waals surface area contributed by atoms with E-state index >= 15 is 0 Å². The topological polar surface area (TPSA) is 55.8 Å². The summed E-state index contributed by atoms with van der Waals surface area (Å²) in [5.74, 6) is 0.831. The van der Waals surface area contributed by atoms with Crippen LogP contribution in [0, 0.1) is 0 Å². The van der Waals surface area contributed by atoms with Gasteiger partial charge in [0.2, 0.25) is 0 Å². The Labute approximate surface area is 208 Å². The molecule has 0 N–H and O–H groups in total. The molecule has 0 radical (unpaired) electrons. The average molecular weight is 494 g/mol. The molecule has 5 nitrogen and oxygen atoms in total. The van der Waals surface area contributed by atoms with Crippen molar-refractivity contribution in [3.63, 3.8) is 0 Å². The first-order chi connectivity index (χ1) is 16.5. The van der Waals surface area contributed by atoms with Crippen LogP contribution in [0.3, 0.4) is 0 Å². The lowest BCUT2D eigenvalue weighted by Crippen LogP contribution is -2.27. The van der Waals surface area contributed by atoms with E-state index in [0.717, 1.165) is 34.9 Å². The molecule has 3 aromatic rings. The highest BCUT2D eigenvalue weighted by Crippen LogP contribution is 2.37. The molecule has 1 fully saturated rings. The van der Waals surface area contributed by atoms with E-state index in [0.29, 0.717) is 40.3 Å². The summed E-state index contributed by atoms with van der Waals surface area (Å²) >= 11 is 6.87. The van der Waals surface area contributed by atoms with Crippen LogP contribution < -0.4 is 14.4 Å². The summed E-state index contributed by atoms with van der Waals surface area (Å²) in [6.45, 7) is 4.78. The summed E-state index contributed by atoms with van der Waals surface area (Å²) < 4.78 is 11.7. The number of hydrogen-bond acceptors (Lipinski definition) is 5. The van der Waals surface area contributed by atoms with Gasteiger partial charge in [-0.25, -0.2) is 4.90 Å². The van der Waals surface area contributed by atoms with Crippen molar-refractivity contribution in [3.8, 4) is 11.5 Å². The highest BCUT2D eigenvalue weighted by atomic mass is 35.5. The zero-order valence-electron chi connectivity index (χ0n) is 18.9. The molecule has 0 atom stereocenters. The molecule has 1 aliphatic heterocycles. The minimum Gasteiger partial charge on any atom is -0.490 e. The number of thioether (sulfide) groups is 1. The van der Waals surface area contributed by atoms with Gasteiger partial charge in [-0.3, -0.25) is 9.59 Å². The number of carbonyl (C=O) groups is 2. The van der Waals surface area contributed by atoms with Crippen molar-refractivity contribution in [2.24, 2.45) is 0 Å². The molecular weight excluding hydrogens is 470 g/mol. The maximum absolute atomic E-state index is 13.0. The Hall–Kier alpha value is -3.22. The summed E-state index contributed by atoms with van der Waals surface area (Å²) in [6.07, 6.45) is 2.60. The van der Waals surface area contributed by atoms with Crippen molar-refractivity contribution in [1.82, 2.24) is 0 Å². The molecule has 2 amide bonds. The van der Waals surface area contributed by atoms with Gasteiger partial charge in [-0.2, -0.15) is 0 Å². The maximum atomic E-state index is 13.0. The summed E-state index contributed by atoms with van der Waals surface area (Å²) in [4.78, 5) is 27.1. The van der Waals surface area contributed by atoms with Crippen LogP contribution in [-0.4, -0.2) is 17.8 Å².